The van der Waals surface area contributed by atoms with Crippen LogP contribution in [0.2, 0.25) is 0 Å². The van der Waals surface area contributed by atoms with Crippen LogP contribution in [0.3, 0.4) is 0 Å². The van der Waals surface area contributed by atoms with Gasteiger partial charge in [0.2, 0.25) is 4.91 Å². The van der Waals surface area contributed by atoms with Gasteiger partial charge >= 0.3 is 0 Å². The molecule has 0 radical (unpaired) electrons. The van der Waals surface area contributed by atoms with E-state index in [9.17, 15) is 4.39 Å². The number of fused-ring (bicyclic) bond motifs is 1. The molecule has 5 heteroatoms. The van der Waals surface area contributed by atoms with Gasteiger partial charge in [-0.3, -0.25) is 4.98 Å². The molecule has 0 bridgehead atoms. The summed E-state index contributed by atoms with van der Waals surface area (Å²) >= 11 is 0. The van der Waals surface area contributed by atoms with E-state index in [-0.39, 0.29) is 5.82 Å². The third-order valence-corrected chi connectivity index (χ3v) is 2.03. The number of nitrogens with zero attached hydrogens (tertiary/aromatic N) is 3. The van der Waals surface area contributed by atoms with E-state index in [0.29, 0.717) is 16.6 Å². The third kappa shape index (κ3) is 1.73. The van der Waals surface area contributed by atoms with Gasteiger partial charge in [-0.15, -0.1) is 0 Å². The number of hydrogen-bond donors (Lipinski definition) is 1. The van der Waals surface area contributed by atoms with Crippen molar-refractivity contribution in [1.82, 2.24) is 9.90 Å². The summed E-state index contributed by atoms with van der Waals surface area (Å²) in [5.41, 5.74) is 8.56. The first-order valence-corrected chi connectivity index (χ1v) is 4.35. The van der Waals surface area contributed by atoms with Crippen LogP contribution in [0.15, 0.2) is 29.4 Å². The summed E-state index contributed by atoms with van der Waals surface area (Å²) in [5, 5.41) is 4.19. The van der Waals surface area contributed by atoms with Crippen LogP contribution in [-0.4, -0.2) is 4.98 Å². The Kier molecular flexibility index (Phi) is 2.23. The summed E-state index contributed by atoms with van der Waals surface area (Å²) in [5.74, 6) is -0.352. The van der Waals surface area contributed by atoms with E-state index in [1.165, 1.54) is 12.1 Å². The summed E-state index contributed by atoms with van der Waals surface area (Å²) in [7, 11) is 0. The average Bonchev–Trinajstić information content (AvgIpc) is 2.19. The molecule has 4 nitrogen and oxygen atoms in total. The molecule has 1 N–H and O–H groups in total. The quantitative estimate of drug-likeness (QED) is 0.562. The van der Waals surface area contributed by atoms with Crippen molar-refractivity contribution < 1.29 is 4.39 Å². The van der Waals surface area contributed by atoms with Gasteiger partial charge in [-0.25, -0.2) is 4.39 Å². The maximum absolute atomic E-state index is 13.0. The highest BCUT2D eigenvalue weighted by Crippen LogP contribution is 2.25. The summed E-state index contributed by atoms with van der Waals surface area (Å²) in [4.78, 5) is 7.18. The number of pyridine rings is 1. The van der Waals surface area contributed by atoms with Crippen molar-refractivity contribution in [1.29, 1.82) is 5.53 Å². The molecule has 1 aromatic carbocycles. The first-order chi connectivity index (χ1) is 7.20. The molecule has 74 valence electrons. The molecule has 0 unspecified atom stereocenters. The highest BCUT2D eigenvalue weighted by Gasteiger charge is 2.07. The minimum absolute atomic E-state index is 0.352. The molecular weight excluding hydrogens is 195 g/mol. The van der Waals surface area contributed by atoms with Crippen LogP contribution in [0, 0.1) is 18.3 Å². The van der Waals surface area contributed by atoms with Crippen molar-refractivity contribution in [2.24, 2.45) is 5.11 Å². The Morgan fingerprint density at radius 2 is 2.20 bits per heavy atom. The van der Waals surface area contributed by atoms with Gasteiger partial charge in [-0.05, 0) is 31.2 Å². The number of nitrogens with one attached hydrogen (secondary N) is 1. The molecule has 0 amide bonds. The van der Waals surface area contributed by atoms with Crippen molar-refractivity contribution in [3.05, 3.63) is 35.8 Å². The number of halogens is 1. The van der Waals surface area contributed by atoms with Crippen LogP contribution in [-0.2, 0) is 0 Å². The van der Waals surface area contributed by atoms with Crippen LogP contribution in [0.4, 0.5) is 10.1 Å². The predicted octanol–water partition coefficient (Wildman–Crippen LogP) is 2.86. The van der Waals surface area contributed by atoms with E-state index in [0.717, 1.165) is 5.69 Å². The zero-order valence-corrected chi connectivity index (χ0v) is 8.03. The first kappa shape index (κ1) is 9.43. The third-order valence-electron chi connectivity index (χ3n) is 2.03. The number of rotatable bonds is 1. The molecule has 0 saturated heterocycles. The Morgan fingerprint density at radius 3 is 2.93 bits per heavy atom. The van der Waals surface area contributed by atoms with Crippen LogP contribution in [0.5, 0.6) is 0 Å². The van der Waals surface area contributed by atoms with Crippen LogP contribution >= 0.6 is 0 Å². The number of aromatic nitrogens is 1. The number of aryl methyl sites for hydroxylation is 1. The lowest BCUT2D eigenvalue weighted by Crippen LogP contribution is -1.85. The molecule has 2 aromatic rings. The lowest BCUT2D eigenvalue weighted by molar-refractivity contribution is 0.629. The molecule has 0 saturated carbocycles. The SMILES string of the molecule is Cc1cc(N=[N+]=N)c2cc(F)ccc2n1. The molecule has 0 fully saturated rings. The Hall–Kier alpha value is -2.13. The topological polar surface area (TPSA) is 63.2 Å². The standard InChI is InChI=1S/C10H8FN4/c1-6-4-10(14-15-12)8-5-7(11)2-3-9(8)13-6/h2-5,12H,1H3/q+1. The van der Waals surface area contributed by atoms with Crippen LogP contribution in [0.25, 0.3) is 10.9 Å². The Bertz CT molecular complexity index is 573. The van der Waals surface area contributed by atoms with E-state index in [1.54, 1.807) is 12.1 Å². The smallest absolute Gasteiger partial charge is 0.220 e. The fourth-order valence-corrected chi connectivity index (χ4v) is 1.45. The average molecular weight is 203 g/mol. The molecule has 15 heavy (non-hydrogen) atoms. The van der Waals surface area contributed by atoms with Gasteiger partial charge in [0, 0.05) is 11.1 Å². The Morgan fingerprint density at radius 1 is 1.40 bits per heavy atom. The van der Waals surface area contributed by atoms with E-state index < -0.39 is 0 Å². The molecule has 0 spiro atoms. The Labute approximate surface area is 85.0 Å². The molecule has 2 rings (SSSR count). The summed E-state index contributed by atoms with van der Waals surface area (Å²) in [6.45, 7) is 1.81. The highest BCUT2D eigenvalue weighted by molar-refractivity contribution is 5.89. The normalized spacial score (nSPS) is 10.0. The zero-order valence-electron chi connectivity index (χ0n) is 8.03. The minimum Gasteiger partial charge on any atom is -0.253 e. The molecule has 1 aromatic heterocycles. The van der Waals surface area contributed by atoms with Crippen molar-refractivity contribution in [3.8, 4) is 0 Å². The van der Waals surface area contributed by atoms with Crippen LogP contribution in [0.1, 0.15) is 5.69 Å². The molecule has 0 atom stereocenters. The first-order valence-electron chi connectivity index (χ1n) is 4.35. The van der Waals surface area contributed by atoms with Gasteiger partial charge < -0.3 is 0 Å². The molecule has 1 heterocycles. The lowest BCUT2D eigenvalue weighted by Gasteiger charge is -1.99. The van der Waals surface area contributed by atoms with E-state index in [1.807, 2.05) is 6.92 Å². The molecule has 0 aliphatic heterocycles. The highest BCUT2D eigenvalue weighted by atomic mass is 19.1. The van der Waals surface area contributed by atoms with E-state index in [4.69, 9.17) is 5.53 Å². The molecule has 0 aliphatic carbocycles. The number of benzene rings is 1. The largest absolute Gasteiger partial charge is 0.253 e. The van der Waals surface area contributed by atoms with Gasteiger partial charge in [-0.1, -0.05) is 0 Å². The monoisotopic (exact) mass is 203 g/mol. The fraction of sp³-hybridized carbons (Fsp3) is 0.100. The summed E-state index contributed by atoms with van der Waals surface area (Å²) < 4.78 is 13.0. The predicted molar refractivity (Wildman–Crippen MR) is 53.4 cm³/mol. The van der Waals surface area contributed by atoms with Crippen molar-refractivity contribution in [3.63, 3.8) is 0 Å². The second-order valence-corrected chi connectivity index (χ2v) is 3.14. The molecular formula is C10H8FN4+. The van der Waals surface area contributed by atoms with Gasteiger partial charge in [0.1, 0.15) is 11.3 Å². The zero-order chi connectivity index (χ0) is 10.8. The van der Waals surface area contributed by atoms with Crippen LogP contribution < -0.4 is 4.91 Å². The minimum atomic E-state index is -0.352. The lowest BCUT2D eigenvalue weighted by atomic mass is 10.1. The maximum atomic E-state index is 13.0. The van der Waals surface area contributed by atoms with E-state index >= 15 is 0 Å². The second kappa shape index (κ2) is 3.55. The van der Waals surface area contributed by atoms with Crippen molar-refractivity contribution in [2.75, 3.05) is 0 Å². The number of hydrogen-bond acceptors (Lipinski definition) is 3. The maximum Gasteiger partial charge on any atom is 0.220 e. The molecule has 0 aliphatic rings. The van der Waals surface area contributed by atoms with Gasteiger partial charge in [0.15, 0.2) is 10.8 Å². The van der Waals surface area contributed by atoms with Gasteiger partial charge in [0.05, 0.1) is 5.52 Å². The second-order valence-electron chi connectivity index (χ2n) is 3.14. The van der Waals surface area contributed by atoms with E-state index in [2.05, 4.69) is 15.0 Å². The van der Waals surface area contributed by atoms with Gasteiger partial charge in [0.25, 0.3) is 0 Å². The van der Waals surface area contributed by atoms with Gasteiger partial charge in [-0.2, -0.15) is 0 Å². The summed E-state index contributed by atoms with van der Waals surface area (Å²) in [6, 6.07) is 5.93. The van der Waals surface area contributed by atoms with Crippen molar-refractivity contribution in [2.45, 2.75) is 6.92 Å². The fourth-order valence-electron chi connectivity index (χ4n) is 1.45. The Balaban J connectivity index is 2.87. The van der Waals surface area contributed by atoms with Crippen molar-refractivity contribution >= 4 is 16.6 Å². The summed E-state index contributed by atoms with van der Waals surface area (Å²) in [6.07, 6.45) is 0.